The molecule has 0 spiro atoms. The van der Waals surface area contributed by atoms with Crippen molar-refractivity contribution >= 4 is 28.8 Å². The van der Waals surface area contributed by atoms with Gasteiger partial charge in [-0.1, -0.05) is 12.1 Å². The van der Waals surface area contributed by atoms with Gasteiger partial charge in [0.25, 0.3) is 5.91 Å². The highest BCUT2D eigenvalue weighted by molar-refractivity contribution is 7.08. The summed E-state index contributed by atoms with van der Waals surface area (Å²) in [5.74, 6) is 0.0172. The van der Waals surface area contributed by atoms with Crippen LogP contribution in [0.5, 0.6) is 0 Å². The monoisotopic (exact) mass is 291 g/mol. The standard InChI is InChI=1S/C15H14ClNOS/c16-14(12-5-7-19-9-12)11-4-3-10-2-1-6-17-15(18)13(10)8-11/h3-5,7-9,14H,1-2,6H2,(H,17,18). The van der Waals surface area contributed by atoms with Crippen LogP contribution in [0.4, 0.5) is 0 Å². The number of hydrogen-bond donors (Lipinski definition) is 1. The fourth-order valence-electron chi connectivity index (χ4n) is 2.37. The molecule has 98 valence electrons. The highest BCUT2D eigenvalue weighted by atomic mass is 35.5. The molecule has 1 aliphatic heterocycles. The van der Waals surface area contributed by atoms with Crippen molar-refractivity contribution in [2.24, 2.45) is 0 Å². The van der Waals surface area contributed by atoms with Gasteiger partial charge in [-0.15, -0.1) is 11.6 Å². The van der Waals surface area contributed by atoms with Crippen LogP contribution in [0.15, 0.2) is 35.0 Å². The van der Waals surface area contributed by atoms with Gasteiger partial charge in [-0.05, 0) is 52.4 Å². The maximum Gasteiger partial charge on any atom is 0.251 e. The molecule has 1 aromatic carbocycles. The first kappa shape index (κ1) is 12.7. The Morgan fingerprint density at radius 2 is 2.16 bits per heavy atom. The number of aryl methyl sites for hydroxylation is 1. The van der Waals surface area contributed by atoms with E-state index < -0.39 is 0 Å². The van der Waals surface area contributed by atoms with Crippen molar-refractivity contribution in [3.8, 4) is 0 Å². The molecule has 0 radical (unpaired) electrons. The Morgan fingerprint density at radius 3 is 2.95 bits per heavy atom. The summed E-state index contributed by atoms with van der Waals surface area (Å²) in [4.78, 5) is 12.0. The van der Waals surface area contributed by atoms with Crippen LogP contribution in [0, 0.1) is 0 Å². The minimum absolute atomic E-state index is 0.0172. The van der Waals surface area contributed by atoms with Gasteiger partial charge in [0.05, 0.1) is 5.38 Å². The second kappa shape index (κ2) is 5.35. The minimum Gasteiger partial charge on any atom is -0.352 e. The molecule has 2 nitrogen and oxygen atoms in total. The topological polar surface area (TPSA) is 29.1 Å². The van der Waals surface area contributed by atoms with Crippen LogP contribution in [0.25, 0.3) is 0 Å². The van der Waals surface area contributed by atoms with Crippen molar-refractivity contribution in [3.63, 3.8) is 0 Å². The largest absolute Gasteiger partial charge is 0.352 e. The highest BCUT2D eigenvalue weighted by Gasteiger charge is 2.18. The molecule has 1 aromatic heterocycles. The molecule has 1 atom stereocenters. The molecule has 0 aliphatic carbocycles. The summed E-state index contributed by atoms with van der Waals surface area (Å²) in [5, 5.41) is 6.79. The van der Waals surface area contributed by atoms with Gasteiger partial charge >= 0.3 is 0 Å². The lowest BCUT2D eigenvalue weighted by Crippen LogP contribution is -2.22. The number of amides is 1. The number of carbonyl (C=O) groups is 1. The van der Waals surface area contributed by atoms with E-state index in [-0.39, 0.29) is 11.3 Å². The molecule has 1 aliphatic rings. The number of alkyl halides is 1. The quantitative estimate of drug-likeness (QED) is 0.839. The second-order valence-corrected chi connectivity index (χ2v) is 5.91. The van der Waals surface area contributed by atoms with Crippen LogP contribution in [-0.2, 0) is 6.42 Å². The first-order valence-corrected chi connectivity index (χ1v) is 7.71. The zero-order valence-electron chi connectivity index (χ0n) is 10.4. The number of carbonyl (C=O) groups excluding carboxylic acids is 1. The fourth-order valence-corrected chi connectivity index (χ4v) is 3.40. The lowest BCUT2D eigenvalue weighted by atomic mass is 9.98. The zero-order chi connectivity index (χ0) is 13.2. The molecule has 3 rings (SSSR count). The van der Waals surface area contributed by atoms with Gasteiger partial charge in [-0.3, -0.25) is 4.79 Å². The third-order valence-electron chi connectivity index (χ3n) is 3.42. The Balaban J connectivity index is 1.98. The van der Waals surface area contributed by atoms with Gasteiger partial charge in [-0.25, -0.2) is 0 Å². The van der Waals surface area contributed by atoms with Crippen molar-refractivity contribution < 1.29 is 4.79 Å². The smallest absolute Gasteiger partial charge is 0.251 e. The van der Waals surface area contributed by atoms with Gasteiger partial charge in [0.2, 0.25) is 0 Å². The summed E-state index contributed by atoms with van der Waals surface area (Å²) in [6, 6.07) is 8.03. The minimum atomic E-state index is -0.187. The summed E-state index contributed by atoms with van der Waals surface area (Å²) >= 11 is 8.11. The summed E-state index contributed by atoms with van der Waals surface area (Å²) in [7, 11) is 0. The van der Waals surface area contributed by atoms with Crippen LogP contribution in [0.1, 0.15) is 38.8 Å². The maximum atomic E-state index is 12.0. The van der Waals surface area contributed by atoms with Crippen LogP contribution in [-0.4, -0.2) is 12.5 Å². The Kier molecular flexibility index (Phi) is 3.58. The van der Waals surface area contributed by atoms with E-state index in [1.165, 1.54) is 0 Å². The van der Waals surface area contributed by atoms with E-state index in [2.05, 4.69) is 5.32 Å². The number of nitrogens with one attached hydrogen (secondary N) is 1. The van der Waals surface area contributed by atoms with Gasteiger partial charge in [0.15, 0.2) is 0 Å². The van der Waals surface area contributed by atoms with Crippen molar-refractivity contribution in [1.29, 1.82) is 0 Å². The van der Waals surface area contributed by atoms with Crippen LogP contribution in [0.2, 0.25) is 0 Å². The van der Waals surface area contributed by atoms with E-state index in [0.717, 1.165) is 41.6 Å². The van der Waals surface area contributed by atoms with Crippen molar-refractivity contribution in [3.05, 3.63) is 57.3 Å². The molecule has 0 bridgehead atoms. The normalized spacial score (nSPS) is 16.4. The molecule has 0 saturated carbocycles. The predicted octanol–water partition coefficient (Wildman–Crippen LogP) is 3.75. The zero-order valence-corrected chi connectivity index (χ0v) is 11.9. The van der Waals surface area contributed by atoms with Crippen LogP contribution in [0.3, 0.4) is 0 Å². The summed E-state index contributed by atoms with van der Waals surface area (Å²) in [6.07, 6.45) is 1.94. The number of thiophene rings is 1. The van der Waals surface area contributed by atoms with Crippen LogP contribution < -0.4 is 5.32 Å². The van der Waals surface area contributed by atoms with Gasteiger partial charge in [0.1, 0.15) is 0 Å². The number of hydrogen-bond acceptors (Lipinski definition) is 2. The number of benzene rings is 1. The van der Waals surface area contributed by atoms with Crippen LogP contribution >= 0.6 is 22.9 Å². The van der Waals surface area contributed by atoms with Gasteiger partial charge < -0.3 is 5.32 Å². The first-order valence-electron chi connectivity index (χ1n) is 6.33. The molecular weight excluding hydrogens is 278 g/mol. The molecule has 1 unspecified atom stereocenters. The molecule has 19 heavy (non-hydrogen) atoms. The van der Waals surface area contributed by atoms with E-state index >= 15 is 0 Å². The summed E-state index contributed by atoms with van der Waals surface area (Å²) in [6.45, 7) is 0.748. The average molecular weight is 292 g/mol. The Bertz CT molecular complexity index is 594. The molecule has 4 heteroatoms. The van der Waals surface area contributed by atoms with E-state index in [0.29, 0.717) is 0 Å². The average Bonchev–Trinajstić information content (AvgIpc) is 2.90. The molecule has 2 aromatic rings. The van der Waals surface area contributed by atoms with Crippen molar-refractivity contribution in [2.75, 3.05) is 6.54 Å². The lowest BCUT2D eigenvalue weighted by Gasteiger charge is -2.12. The van der Waals surface area contributed by atoms with Gasteiger partial charge in [-0.2, -0.15) is 11.3 Å². The maximum absolute atomic E-state index is 12.0. The molecule has 0 fully saturated rings. The Morgan fingerprint density at radius 1 is 1.26 bits per heavy atom. The molecular formula is C15H14ClNOS. The third-order valence-corrected chi connectivity index (χ3v) is 4.62. The molecule has 0 saturated heterocycles. The second-order valence-electron chi connectivity index (χ2n) is 4.70. The van der Waals surface area contributed by atoms with E-state index in [4.69, 9.17) is 11.6 Å². The molecule has 1 amide bonds. The lowest BCUT2D eigenvalue weighted by molar-refractivity contribution is 0.0956. The highest BCUT2D eigenvalue weighted by Crippen LogP contribution is 2.31. The van der Waals surface area contributed by atoms with Crippen molar-refractivity contribution in [1.82, 2.24) is 5.32 Å². The Hall–Kier alpha value is -1.32. The van der Waals surface area contributed by atoms with E-state index in [1.807, 2.05) is 35.0 Å². The number of rotatable bonds is 2. The fraction of sp³-hybridized carbons (Fsp3) is 0.267. The van der Waals surface area contributed by atoms with Crippen molar-refractivity contribution in [2.45, 2.75) is 18.2 Å². The van der Waals surface area contributed by atoms with Gasteiger partial charge in [0, 0.05) is 12.1 Å². The summed E-state index contributed by atoms with van der Waals surface area (Å²) in [5.41, 5.74) is 3.96. The third kappa shape index (κ3) is 2.53. The molecule has 1 N–H and O–H groups in total. The molecule has 2 heterocycles. The first-order chi connectivity index (χ1) is 9.25. The summed E-state index contributed by atoms with van der Waals surface area (Å²) < 4.78 is 0. The SMILES string of the molecule is O=C1NCCCc2ccc(C(Cl)c3ccsc3)cc21. The van der Waals surface area contributed by atoms with E-state index in [1.54, 1.807) is 11.3 Å². The Labute approximate surface area is 121 Å². The number of fused-ring (bicyclic) bond motifs is 1. The van der Waals surface area contributed by atoms with E-state index in [9.17, 15) is 4.79 Å². The number of halogens is 1. The predicted molar refractivity (Wildman–Crippen MR) is 79.1 cm³/mol.